The summed E-state index contributed by atoms with van der Waals surface area (Å²) < 4.78 is 1.14. The highest BCUT2D eigenvalue weighted by molar-refractivity contribution is 9.10. The molecule has 100 valence electrons. The van der Waals surface area contributed by atoms with Gasteiger partial charge in [0.1, 0.15) is 0 Å². The monoisotopic (exact) mass is 311 g/mol. The zero-order valence-electron chi connectivity index (χ0n) is 11.2. The molecule has 1 heterocycles. The molecule has 1 aliphatic heterocycles. The number of halogens is 1. The van der Waals surface area contributed by atoms with E-state index in [9.17, 15) is 0 Å². The molecule has 3 nitrogen and oxygen atoms in total. The average Bonchev–Trinajstić information content (AvgIpc) is 2.39. The van der Waals surface area contributed by atoms with Gasteiger partial charge in [0.15, 0.2) is 0 Å². The Labute approximate surface area is 118 Å². The Hall–Kier alpha value is -0.580. The fourth-order valence-electron chi connectivity index (χ4n) is 2.45. The first kappa shape index (κ1) is 13.8. The Morgan fingerprint density at radius 1 is 1.39 bits per heavy atom. The van der Waals surface area contributed by atoms with Gasteiger partial charge in [-0.3, -0.25) is 4.90 Å². The molecular formula is C14H22BrN3. The van der Waals surface area contributed by atoms with E-state index in [4.69, 9.17) is 0 Å². The van der Waals surface area contributed by atoms with Crippen LogP contribution in [-0.4, -0.2) is 50.7 Å². The number of hydrogen-bond donors (Lipinski definition) is 1. The number of piperazine rings is 1. The van der Waals surface area contributed by atoms with Gasteiger partial charge in [0, 0.05) is 56.0 Å². The third kappa shape index (κ3) is 3.70. The summed E-state index contributed by atoms with van der Waals surface area (Å²) >= 11 is 3.53. The summed E-state index contributed by atoms with van der Waals surface area (Å²) in [6.45, 7) is 7.94. The molecule has 1 fully saturated rings. The maximum absolute atomic E-state index is 3.53. The van der Waals surface area contributed by atoms with Crippen molar-refractivity contribution >= 4 is 21.6 Å². The van der Waals surface area contributed by atoms with Crippen LogP contribution in [0.15, 0.2) is 28.7 Å². The Bertz CT molecular complexity index is 377. The molecule has 1 aromatic carbocycles. The number of nitrogens with zero attached hydrogens (tertiary/aromatic N) is 2. The third-order valence-electron chi connectivity index (χ3n) is 3.56. The van der Waals surface area contributed by atoms with Crippen molar-refractivity contribution in [3.05, 3.63) is 28.7 Å². The van der Waals surface area contributed by atoms with Crippen molar-refractivity contribution in [1.29, 1.82) is 0 Å². The molecule has 1 unspecified atom stereocenters. The summed E-state index contributed by atoms with van der Waals surface area (Å²) in [4.78, 5) is 4.89. The van der Waals surface area contributed by atoms with Gasteiger partial charge in [-0.05, 0) is 25.1 Å². The fraction of sp³-hybridized carbons (Fsp3) is 0.571. The lowest BCUT2D eigenvalue weighted by Gasteiger charge is -2.35. The van der Waals surface area contributed by atoms with Crippen molar-refractivity contribution in [2.45, 2.75) is 13.0 Å². The van der Waals surface area contributed by atoms with E-state index >= 15 is 0 Å². The molecule has 0 saturated carbocycles. The standard InChI is InChI=1S/C14H22BrN3/c1-12(18-8-6-16-7-9-18)11-17(2)14-5-3-4-13(15)10-14/h3-5,10,12,16H,6-9,11H2,1-2H3. The topological polar surface area (TPSA) is 18.5 Å². The lowest BCUT2D eigenvalue weighted by molar-refractivity contribution is 0.187. The molecule has 0 radical (unpaired) electrons. The van der Waals surface area contributed by atoms with Gasteiger partial charge in [0.2, 0.25) is 0 Å². The minimum atomic E-state index is 0.594. The molecule has 1 aromatic rings. The second-order valence-corrected chi connectivity index (χ2v) is 5.91. The molecule has 2 rings (SSSR count). The largest absolute Gasteiger partial charge is 0.373 e. The van der Waals surface area contributed by atoms with Crippen molar-refractivity contribution in [3.63, 3.8) is 0 Å². The molecule has 0 aliphatic carbocycles. The average molecular weight is 312 g/mol. The van der Waals surface area contributed by atoms with E-state index in [0.717, 1.165) is 37.2 Å². The SMILES string of the molecule is CC(CN(C)c1cccc(Br)c1)N1CCNCC1. The van der Waals surface area contributed by atoms with Crippen LogP contribution < -0.4 is 10.2 Å². The molecule has 0 amide bonds. The minimum Gasteiger partial charge on any atom is -0.373 e. The van der Waals surface area contributed by atoms with E-state index in [-0.39, 0.29) is 0 Å². The summed E-state index contributed by atoms with van der Waals surface area (Å²) in [5, 5.41) is 3.40. The van der Waals surface area contributed by atoms with Crippen LogP contribution >= 0.6 is 15.9 Å². The van der Waals surface area contributed by atoms with Gasteiger partial charge in [0.05, 0.1) is 0 Å². The van der Waals surface area contributed by atoms with Gasteiger partial charge in [-0.25, -0.2) is 0 Å². The predicted molar refractivity (Wildman–Crippen MR) is 81.3 cm³/mol. The van der Waals surface area contributed by atoms with Crippen LogP contribution in [0.25, 0.3) is 0 Å². The summed E-state index contributed by atoms with van der Waals surface area (Å²) in [6, 6.07) is 9.08. The van der Waals surface area contributed by atoms with Crippen molar-refractivity contribution in [2.75, 3.05) is 44.7 Å². The van der Waals surface area contributed by atoms with Gasteiger partial charge in [-0.1, -0.05) is 22.0 Å². The lowest BCUT2D eigenvalue weighted by atomic mass is 10.2. The first-order chi connectivity index (χ1) is 8.66. The van der Waals surface area contributed by atoms with Crippen LogP contribution in [0.3, 0.4) is 0 Å². The molecule has 4 heteroatoms. The lowest BCUT2D eigenvalue weighted by Crippen LogP contribution is -2.50. The number of anilines is 1. The predicted octanol–water partition coefficient (Wildman–Crippen LogP) is 2.18. The van der Waals surface area contributed by atoms with Gasteiger partial charge >= 0.3 is 0 Å². The molecule has 0 aromatic heterocycles. The van der Waals surface area contributed by atoms with Gasteiger partial charge < -0.3 is 10.2 Å². The molecule has 1 atom stereocenters. The normalized spacial score (nSPS) is 18.6. The second-order valence-electron chi connectivity index (χ2n) is 5.00. The smallest absolute Gasteiger partial charge is 0.0375 e. The molecule has 0 bridgehead atoms. The Morgan fingerprint density at radius 3 is 2.78 bits per heavy atom. The van der Waals surface area contributed by atoms with E-state index in [1.165, 1.54) is 5.69 Å². The van der Waals surface area contributed by atoms with Crippen LogP contribution in [0.2, 0.25) is 0 Å². The summed E-state index contributed by atoms with van der Waals surface area (Å²) in [5.74, 6) is 0. The summed E-state index contributed by atoms with van der Waals surface area (Å²) in [6.07, 6.45) is 0. The number of benzene rings is 1. The summed E-state index contributed by atoms with van der Waals surface area (Å²) in [5.41, 5.74) is 1.27. The van der Waals surface area contributed by atoms with Crippen LogP contribution in [-0.2, 0) is 0 Å². The van der Waals surface area contributed by atoms with E-state index in [1.54, 1.807) is 0 Å². The fourth-order valence-corrected chi connectivity index (χ4v) is 2.84. The first-order valence-corrected chi connectivity index (χ1v) is 7.37. The number of rotatable bonds is 4. The van der Waals surface area contributed by atoms with Gasteiger partial charge in [-0.2, -0.15) is 0 Å². The third-order valence-corrected chi connectivity index (χ3v) is 4.06. The van der Waals surface area contributed by atoms with E-state index in [1.807, 2.05) is 0 Å². The molecule has 1 saturated heterocycles. The van der Waals surface area contributed by atoms with Gasteiger partial charge in [-0.15, -0.1) is 0 Å². The number of nitrogens with one attached hydrogen (secondary N) is 1. The number of hydrogen-bond acceptors (Lipinski definition) is 3. The van der Waals surface area contributed by atoms with Crippen LogP contribution in [0.5, 0.6) is 0 Å². The maximum Gasteiger partial charge on any atom is 0.0375 e. The molecular weight excluding hydrogens is 290 g/mol. The highest BCUT2D eigenvalue weighted by Gasteiger charge is 2.17. The van der Waals surface area contributed by atoms with Crippen molar-refractivity contribution < 1.29 is 0 Å². The highest BCUT2D eigenvalue weighted by atomic mass is 79.9. The van der Waals surface area contributed by atoms with E-state index in [2.05, 4.69) is 69.3 Å². The Kier molecular flexibility index (Phi) is 5.03. The quantitative estimate of drug-likeness (QED) is 0.919. The zero-order chi connectivity index (χ0) is 13.0. The Balaban J connectivity index is 1.91. The van der Waals surface area contributed by atoms with E-state index in [0.29, 0.717) is 6.04 Å². The summed E-state index contributed by atoms with van der Waals surface area (Å²) in [7, 11) is 2.17. The van der Waals surface area contributed by atoms with Crippen molar-refractivity contribution in [2.24, 2.45) is 0 Å². The maximum atomic E-state index is 3.53. The molecule has 1 aliphatic rings. The highest BCUT2D eigenvalue weighted by Crippen LogP contribution is 2.19. The van der Waals surface area contributed by atoms with Crippen LogP contribution in [0.4, 0.5) is 5.69 Å². The molecule has 0 spiro atoms. The van der Waals surface area contributed by atoms with E-state index < -0.39 is 0 Å². The minimum absolute atomic E-state index is 0.594. The number of likely N-dealkylation sites (N-methyl/N-ethyl adjacent to an activating group) is 1. The zero-order valence-corrected chi connectivity index (χ0v) is 12.8. The Morgan fingerprint density at radius 2 is 2.11 bits per heavy atom. The van der Waals surface area contributed by atoms with Crippen molar-refractivity contribution in [3.8, 4) is 0 Å². The van der Waals surface area contributed by atoms with Crippen LogP contribution in [0, 0.1) is 0 Å². The van der Waals surface area contributed by atoms with Gasteiger partial charge in [0.25, 0.3) is 0 Å². The van der Waals surface area contributed by atoms with Crippen LogP contribution in [0.1, 0.15) is 6.92 Å². The van der Waals surface area contributed by atoms with Crippen molar-refractivity contribution in [1.82, 2.24) is 10.2 Å². The molecule has 18 heavy (non-hydrogen) atoms. The first-order valence-electron chi connectivity index (χ1n) is 6.58. The second kappa shape index (κ2) is 6.55. The molecule has 1 N–H and O–H groups in total.